The monoisotopic (exact) mass is 621 g/mol. The molecule has 2 aromatic carbocycles. The summed E-state index contributed by atoms with van der Waals surface area (Å²) in [6, 6.07) is 12.2. The zero-order valence-electron chi connectivity index (χ0n) is 26.5. The molecule has 1 saturated heterocycles. The number of nitrogens with two attached hydrogens (primary N) is 1. The fraction of sp³-hybridized carbons (Fsp3) is 0.500. The molecule has 3 aliphatic rings. The van der Waals surface area contributed by atoms with Gasteiger partial charge in [0.1, 0.15) is 5.76 Å². The van der Waals surface area contributed by atoms with Gasteiger partial charge in [0, 0.05) is 24.6 Å². The van der Waals surface area contributed by atoms with Gasteiger partial charge in [0.05, 0.1) is 30.6 Å². The Morgan fingerprint density at radius 1 is 1.20 bits per heavy atom. The number of rotatable bonds is 10. The predicted octanol–water partition coefficient (Wildman–Crippen LogP) is 2.30. The van der Waals surface area contributed by atoms with E-state index < -0.39 is 41.2 Å². The van der Waals surface area contributed by atoms with Gasteiger partial charge in [0.25, 0.3) is 0 Å². The van der Waals surface area contributed by atoms with Crippen molar-refractivity contribution in [1.29, 1.82) is 0 Å². The highest BCUT2D eigenvalue weighted by atomic mass is 16.6. The van der Waals surface area contributed by atoms with Crippen LogP contribution < -0.4 is 20.5 Å². The van der Waals surface area contributed by atoms with Crippen LogP contribution in [0.15, 0.2) is 54.3 Å². The van der Waals surface area contributed by atoms with Crippen molar-refractivity contribution in [2.75, 3.05) is 27.2 Å². The number of methoxy groups -OCH3 is 1. The fourth-order valence-corrected chi connectivity index (χ4v) is 7.04. The van der Waals surface area contributed by atoms with Crippen LogP contribution >= 0.6 is 0 Å². The number of likely N-dealkylation sites (tertiary alicyclic amines) is 1. The first-order chi connectivity index (χ1) is 21.4. The first-order valence-electron chi connectivity index (χ1n) is 15.4. The average molecular weight is 622 g/mol. The van der Waals surface area contributed by atoms with Crippen molar-refractivity contribution >= 4 is 17.8 Å². The van der Waals surface area contributed by atoms with E-state index >= 15 is 0 Å². The average Bonchev–Trinajstić information content (AvgIpc) is 3.38. The van der Waals surface area contributed by atoms with Crippen molar-refractivity contribution in [3.63, 3.8) is 0 Å². The summed E-state index contributed by atoms with van der Waals surface area (Å²) in [7, 11) is 3.55. The van der Waals surface area contributed by atoms with Gasteiger partial charge in [0.15, 0.2) is 23.7 Å². The molecule has 6 atom stereocenters. The van der Waals surface area contributed by atoms with Crippen molar-refractivity contribution in [1.82, 2.24) is 10.2 Å². The zero-order valence-corrected chi connectivity index (χ0v) is 26.5. The van der Waals surface area contributed by atoms with Gasteiger partial charge in [-0.15, -0.1) is 0 Å². The highest BCUT2D eigenvalue weighted by Crippen LogP contribution is 2.62. The third-order valence-electron chi connectivity index (χ3n) is 9.66. The highest BCUT2D eigenvalue weighted by molar-refractivity contribution is 5.83. The number of piperidine rings is 1. The summed E-state index contributed by atoms with van der Waals surface area (Å²) >= 11 is 0. The molecule has 2 aromatic rings. The van der Waals surface area contributed by atoms with Gasteiger partial charge in [-0.2, -0.15) is 0 Å². The summed E-state index contributed by atoms with van der Waals surface area (Å²) in [5.74, 6) is -0.491. The van der Waals surface area contributed by atoms with Crippen molar-refractivity contribution in [2.24, 2.45) is 5.73 Å². The lowest BCUT2D eigenvalue weighted by molar-refractivity contribution is -0.171. The summed E-state index contributed by atoms with van der Waals surface area (Å²) in [5, 5.41) is 15.0. The number of carbonyl (C=O) groups excluding carboxylic acids is 3. The van der Waals surface area contributed by atoms with Crippen LogP contribution in [0, 0.1) is 6.92 Å². The van der Waals surface area contributed by atoms with Crippen LogP contribution in [-0.2, 0) is 35.7 Å². The Kier molecular flexibility index (Phi) is 9.25. The molecule has 1 spiro atoms. The lowest BCUT2D eigenvalue weighted by Gasteiger charge is -2.58. The van der Waals surface area contributed by atoms with E-state index in [-0.39, 0.29) is 37.1 Å². The fourth-order valence-electron chi connectivity index (χ4n) is 7.04. The van der Waals surface area contributed by atoms with E-state index in [0.717, 1.165) is 16.7 Å². The number of hydrogen-bond acceptors (Lipinski definition) is 10. The number of nitrogens with zero attached hydrogens (tertiary/aromatic N) is 1. The highest BCUT2D eigenvalue weighted by Gasteiger charge is 2.69. The number of amides is 1. The van der Waals surface area contributed by atoms with Gasteiger partial charge in [-0.1, -0.05) is 36.4 Å². The molecule has 11 nitrogen and oxygen atoms in total. The van der Waals surface area contributed by atoms with Crippen LogP contribution in [0.25, 0.3) is 0 Å². The van der Waals surface area contributed by atoms with Crippen LogP contribution in [0.2, 0.25) is 0 Å². The Balaban J connectivity index is 1.23. The number of likely N-dealkylation sites (N-methyl/N-ethyl adjacent to an activating group) is 1. The Bertz CT molecular complexity index is 1480. The predicted molar refractivity (Wildman–Crippen MR) is 166 cm³/mol. The van der Waals surface area contributed by atoms with Crippen molar-refractivity contribution < 1.29 is 38.4 Å². The quantitative estimate of drug-likeness (QED) is 0.338. The van der Waals surface area contributed by atoms with Crippen LogP contribution in [0.4, 0.5) is 0 Å². The van der Waals surface area contributed by atoms with E-state index in [0.29, 0.717) is 30.9 Å². The molecule has 2 heterocycles. The molecular weight excluding hydrogens is 578 g/mol. The Labute approximate surface area is 263 Å². The van der Waals surface area contributed by atoms with Crippen LogP contribution in [0.5, 0.6) is 11.5 Å². The molecule has 1 aliphatic carbocycles. The lowest BCUT2D eigenvalue weighted by Crippen LogP contribution is -2.71. The molecule has 0 radical (unpaired) electrons. The van der Waals surface area contributed by atoms with E-state index in [1.807, 2.05) is 63.4 Å². The summed E-state index contributed by atoms with van der Waals surface area (Å²) in [5.41, 5.74) is 6.64. The second kappa shape index (κ2) is 12.8. The lowest BCUT2D eigenvalue weighted by atomic mass is 9.54. The van der Waals surface area contributed by atoms with Gasteiger partial charge in [-0.3, -0.25) is 9.59 Å². The number of aliphatic hydroxyl groups is 1. The summed E-state index contributed by atoms with van der Waals surface area (Å²) in [6.45, 7) is 6.11. The standard InChI is InChI=1S/C34H43N3O8/c1-20-11-12-25(42-5)29-28(20)33-16-18-37(4)22(3)34(33,41)15-13-26(30(33)45-29)44-32(40)21(2)43-27(38)14-17-36-31(39)24(35)19-23-9-7-6-8-10-23/h6-13,21-22,24,30,41H,14-19,35H2,1-5H3,(H,36,39)/t21-,22+,24-,30-,33-,34+/m0/s1. The van der Waals surface area contributed by atoms with Crippen molar-refractivity contribution in [3.05, 3.63) is 71.0 Å². The maximum atomic E-state index is 13.2. The number of esters is 2. The molecule has 45 heavy (non-hydrogen) atoms. The molecule has 4 N–H and O–H groups in total. The van der Waals surface area contributed by atoms with E-state index in [2.05, 4.69) is 10.2 Å². The van der Waals surface area contributed by atoms with Gasteiger partial charge in [-0.05, 0) is 70.5 Å². The minimum absolute atomic E-state index is 0.0101. The number of nitrogens with one attached hydrogen (secondary N) is 1. The number of aryl methyl sites for hydroxylation is 1. The van der Waals surface area contributed by atoms with Gasteiger partial charge >= 0.3 is 11.9 Å². The van der Waals surface area contributed by atoms with Crippen LogP contribution in [0.3, 0.4) is 0 Å². The summed E-state index contributed by atoms with van der Waals surface area (Å²) in [6.07, 6.45) is 0.709. The molecular formula is C34H43N3O8. The first kappa shape index (κ1) is 32.5. The Morgan fingerprint density at radius 3 is 2.64 bits per heavy atom. The third kappa shape index (κ3) is 5.80. The molecule has 5 rings (SSSR count). The molecule has 1 fully saturated rings. The van der Waals surface area contributed by atoms with E-state index in [4.69, 9.17) is 24.7 Å². The molecule has 0 saturated carbocycles. The van der Waals surface area contributed by atoms with E-state index in [1.54, 1.807) is 13.2 Å². The minimum atomic E-state index is -1.22. The topological polar surface area (TPSA) is 150 Å². The number of carbonyl (C=O) groups is 3. The Morgan fingerprint density at radius 2 is 1.93 bits per heavy atom. The van der Waals surface area contributed by atoms with Crippen LogP contribution in [-0.4, -0.2) is 85.0 Å². The normalized spacial score (nSPS) is 26.6. The van der Waals surface area contributed by atoms with Gasteiger partial charge < -0.3 is 40.0 Å². The number of hydrogen-bond donors (Lipinski definition) is 3. The SMILES string of the molecule is COc1ccc(C)c2c1O[C@H]1C(OC(=O)[C@H](C)OC(=O)CCNC(=O)[C@@H](N)Cc3ccccc3)=CC[C@@]3(O)[C@@H](C)N(C)CC[C@]213. The Hall–Kier alpha value is -3.93. The molecule has 2 aliphatic heterocycles. The number of benzene rings is 2. The van der Waals surface area contributed by atoms with Crippen molar-refractivity contribution in [3.8, 4) is 11.5 Å². The second-order valence-corrected chi connectivity index (χ2v) is 12.3. The first-order valence-corrected chi connectivity index (χ1v) is 15.4. The van der Waals surface area contributed by atoms with E-state index in [1.165, 1.54) is 6.92 Å². The minimum Gasteiger partial charge on any atom is -0.493 e. The summed E-state index contributed by atoms with van der Waals surface area (Å²) in [4.78, 5) is 40.2. The molecule has 242 valence electrons. The number of ether oxygens (including phenoxy) is 4. The third-order valence-corrected chi connectivity index (χ3v) is 9.66. The molecule has 1 amide bonds. The van der Waals surface area contributed by atoms with Crippen molar-refractivity contribution in [2.45, 2.75) is 81.8 Å². The molecule has 0 bridgehead atoms. The maximum absolute atomic E-state index is 13.2. The molecule has 11 heteroatoms. The smallest absolute Gasteiger partial charge is 0.352 e. The van der Waals surface area contributed by atoms with E-state index in [9.17, 15) is 19.5 Å². The zero-order chi connectivity index (χ0) is 32.5. The van der Waals surface area contributed by atoms with Gasteiger partial charge in [0.2, 0.25) is 5.91 Å². The molecule has 0 aromatic heterocycles. The second-order valence-electron chi connectivity index (χ2n) is 12.3. The van der Waals surface area contributed by atoms with Crippen LogP contribution in [0.1, 0.15) is 49.8 Å². The maximum Gasteiger partial charge on any atom is 0.352 e. The molecule has 0 unspecified atom stereocenters. The van der Waals surface area contributed by atoms with Gasteiger partial charge in [-0.25, -0.2) is 4.79 Å². The largest absolute Gasteiger partial charge is 0.493 e. The summed E-state index contributed by atoms with van der Waals surface area (Å²) < 4.78 is 23.3. The number of fused-ring (bicyclic) bond motifs is 1.